The van der Waals surface area contributed by atoms with Crippen LogP contribution in [-0.4, -0.2) is 64.9 Å². The minimum absolute atomic E-state index is 0.0667. The topological polar surface area (TPSA) is 114 Å². The van der Waals surface area contributed by atoms with Gasteiger partial charge in [-0.1, -0.05) is 29.8 Å². The molecule has 0 aromatic heterocycles. The molecule has 0 unspecified atom stereocenters. The predicted octanol–water partition coefficient (Wildman–Crippen LogP) is 4.77. The molecule has 2 bridgehead atoms. The Morgan fingerprint density at radius 2 is 2.04 bits per heavy atom. The molecule has 2 heterocycles. The number of anilines is 1. The summed E-state index contributed by atoms with van der Waals surface area (Å²) in [4.78, 5) is 27.8. The third-order valence-corrected chi connectivity index (χ3v) is 12.2. The zero-order chi connectivity index (χ0) is 31.8. The summed E-state index contributed by atoms with van der Waals surface area (Å²) in [7, 11) is -2.52. The summed E-state index contributed by atoms with van der Waals surface area (Å²) >= 11 is 6.41. The van der Waals surface area contributed by atoms with Crippen molar-refractivity contribution < 1.29 is 27.5 Å². The van der Waals surface area contributed by atoms with Gasteiger partial charge in [-0.2, -0.15) is 0 Å². The number of aryl methyl sites for hydroxylation is 1. The van der Waals surface area contributed by atoms with Crippen molar-refractivity contribution in [3.05, 3.63) is 70.3 Å². The Kier molecular flexibility index (Phi) is 9.19. The standard InChI is InChI=1S/C34H42ClN3O6S/c1-22-6-3-4-8-29(36-18-32(39)43-2)27-12-9-25(27)19-38-20-34(15-5-7-23-16-26(35)11-13-28(23)34)21-44-31-14-10-24(17-30(31)38)33(40)37-45(22,41)42/h4,8,10-11,13-14,16-17,22,25,27,29,36H,3,5-7,9,12,15,18-21H2,1-2H3,(H,37,40)/b8-4+/t22-,25+,27-,29+,34+/m1/s1. The van der Waals surface area contributed by atoms with Crippen molar-refractivity contribution in [2.75, 3.05) is 38.3 Å². The molecule has 45 heavy (non-hydrogen) atoms. The third-order valence-electron chi connectivity index (χ3n) is 10.2. The van der Waals surface area contributed by atoms with Crippen LogP contribution in [0.3, 0.4) is 0 Å². The van der Waals surface area contributed by atoms with E-state index in [4.69, 9.17) is 21.1 Å². The van der Waals surface area contributed by atoms with Gasteiger partial charge in [0.1, 0.15) is 5.75 Å². The van der Waals surface area contributed by atoms with Gasteiger partial charge in [0.2, 0.25) is 10.0 Å². The maximum Gasteiger partial charge on any atom is 0.319 e. The van der Waals surface area contributed by atoms with Gasteiger partial charge in [-0.25, -0.2) is 13.1 Å². The largest absolute Gasteiger partial charge is 0.490 e. The molecule has 2 aliphatic heterocycles. The molecule has 1 spiro atoms. The van der Waals surface area contributed by atoms with Crippen LogP contribution in [-0.2, 0) is 31.4 Å². The molecule has 0 saturated heterocycles. The number of allylic oxidation sites excluding steroid dienone is 1. The van der Waals surface area contributed by atoms with Crippen LogP contribution in [0.1, 0.15) is 66.9 Å². The van der Waals surface area contributed by atoms with Gasteiger partial charge in [0.25, 0.3) is 5.91 Å². The molecular weight excluding hydrogens is 614 g/mol. The molecule has 242 valence electrons. The van der Waals surface area contributed by atoms with E-state index >= 15 is 0 Å². The van der Waals surface area contributed by atoms with E-state index in [0.29, 0.717) is 37.7 Å². The average molecular weight is 656 g/mol. The number of sulfonamides is 1. The number of rotatable bonds is 3. The highest BCUT2D eigenvalue weighted by molar-refractivity contribution is 7.90. The Morgan fingerprint density at radius 3 is 2.82 bits per heavy atom. The van der Waals surface area contributed by atoms with Crippen molar-refractivity contribution >= 4 is 39.2 Å². The zero-order valence-corrected chi connectivity index (χ0v) is 27.5. The fraction of sp³-hybridized carbons (Fsp3) is 0.529. The fourth-order valence-corrected chi connectivity index (χ4v) is 8.70. The first-order chi connectivity index (χ1) is 21.6. The summed E-state index contributed by atoms with van der Waals surface area (Å²) in [5.74, 6) is 0.305. The van der Waals surface area contributed by atoms with Crippen LogP contribution in [0.15, 0.2) is 48.6 Å². The van der Waals surface area contributed by atoms with Crippen molar-refractivity contribution in [2.24, 2.45) is 11.8 Å². The van der Waals surface area contributed by atoms with E-state index in [1.54, 1.807) is 25.1 Å². The second-order valence-corrected chi connectivity index (χ2v) is 15.6. The number of esters is 1. The van der Waals surface area contributed by atoms with Crippen molar-refractivity contribution in [1.29, 1.82) is 0 Å². The van der Waals surface area contributed by atoms with Crippen LogP contribution >= 0.6 is 11.6 Å². The molecule has 9 nitrogen and oxygen atoms in total. The summed E-state index contributed by atoms with van der Waals surface area (Å²) in [6, 6.07) is 11.3. The highest BCUT2D eigenvalue weighted by Gasteiger charge is 2.44. The van der Waals surface area contributed by atoms with E-state index in [9.17, 15) is 18.0 Å². The quantitative estimate of drug-likeness (QED) is 0.359. The van der Waals surface area contributed by atoms with Gasteiger partial charge in [-0.05, 0) is 105 Å². The van der Waals surface area contributed by atoms with Gasteiger partial charge in [-0.15, -0.1) is 0 Å². The SMILES string of the molecule is COC(=O)CN[C@H]1/C=C/CC[C@@H](C)S(=O)(=O)NC(=O)c2ccc3c(c2)N(C[C@@H]2CC[C@H]21)C[C@@]1(CCCc2cc(Cl)ccc21)CO3. The minimum Gasteiger partial charge on any atom is -0.490 e. The Morgan fingerprint density at radius 1 is 1.20 bits per heavy atom. The van der Waals surface area contributed by atoms with Gasteiger partial charge in [0, 0.05) is 35.1 Å². The van der Waals surface area contributed by atoms with Crippen LogP contribution in [0.4, 0.5) is 5.69 Å². The molecule has 1 fully saturated rings. The summed E-state index contributed by atoms with van der Waals surface area (Å²) < 4.78 is 40.0. The second kappa shape index (κ2) is 13.0. The molecule has 2 aromatic rings. The Labute approximate surface area is 270 Å². The number of benzene rings is 2. The number of hydrogen-bond donors (Lipinski definition) is 2. The Balaban J connectivity index is 1.40. The molecule has 4 aliphatic rings. The molecule has 2 aliphatic carbocycles. The lowest BCUT2D eigenvalue weighted by atomic mass is 9.68. The Bertz CT molecular complexity index is 1600. The lowest BCUT2D eigenvalue weighted by Crippen LogP contribution is -2.51. The van der Waals surface area contributed by atoms with Crippen LogP contribution in [0.2, 0.25) is 5.02 Å². The van der Waals surface area contributed by atoms with Crippen molar-refractivity contribution in [1.82, 2.24) is 10.0 Å². The maximum atomic E-state index is 13.3. The van der Waals surface area contributed by atoms with E-state index in [1.165, 1.54) is 18.2 Å². The second-order valence-electron chi connectivity index (χ2n) is 13.1. The Hall–Kier alpha value is -3.08. The molecular formula is C34H42ClN3O6S. The van der Waals surface area contributed by atoms with E-state index in [2.05, 4.69) is 33.1 Å². The van der Waals surface area contributed by atoms with Crippen molar-refractivity contribution in [2.45, 2.75) is 68.6 Å². The molecule has 1 amide bonds. The average Bonchev–Trinajstić information content (AvgIpc) is 3.15. The number of halogens is 1. The number of nitrogens with zero attached hydrogens (tertiary/aromatic N) is 1. The molecule has 2 aromatic carbocycles. The van der Waals surface area contributed by atoms with Gasteiger partial charge in [0.05, 0.1) is 31.2 Å². The maximum absolute atomic E-state index is 13.3. The number of amides is 1. The number of nitrogens with one attached hydrogen (secondary N) is 2. The normalized spacial score (nSPS) is 30.0. The minimum atomic E-state index is -3.90. The number of ether oxygens (including phenoxy) is 2. The molecule has 5 atom stereocenters. The lowest BCUT2D eigenvalue weighted by molar-refractivity contribution is -0.139. The van der Waals surface area contributed by atoms with Gasteiger partial charge >= 0.3 is 5.97 Å². The van der Waals surface area contributed by atoms with Crippen LogP contribution in [0, 0.1) is 11.8 Å². The molecule has 1 saturated carbocycles. The van der Waals surface area contributed by atoms with Crippen molar-refractivity contribution in [3.8, 4) is 5.75 Å². The van der Waals surface area contributed by atoms with Crippen molar-refractivity contribution in [3.63, 3.8) is 0 Å². The van der Waals surface area contributed by atoms with Gasteiger partial charge in [0.15, 0.2) is 0 Å². The summed E-state index contributed by atoms with van der Waals surface area (Å²) in [5.41, 5.74) is 3.29. The van der Waals surface area contributed by atoms with E-state index in [1.807, 2.05) is 12.1 Å². The van der Waals surface area contributed by atoms with Gasteiger partial charge < -0.3 is 19.7 Å². The van der Waals surface area contributed by atoms with Crippen LogP contribution in [0.5, 0.6) is 5.75 Å². The van der Waals surface area contributed by atoms with E-state index in [-0.39, 0.29) is 35.5 Å². The smallest absolute Gasteiger partial charge is 0.319 e. The monoisotopic (exact) mass is 655 g/mol. The first kappa shape index (κ1) is 31.9. The third kappa shape index (κ3) is 6.60. The zero-order valence-electron chi connectivity index (χ0n) is 25.9. The number of fused-ring (bicyclic) bond motifs is 4. The number of carbonyl (C=O) groups excluding carboxylic acids is 2. The number of methoxy groups -OCH3 is 1. The van der Waals surface area contributed by atoms with E-state index in [0.717, 1.165) is 49.4 Å². The summed E-state index contributed by atoms with van der Waals surface area (Å²) in [6.45, 7) is 3.62. The van der Waals surface area contributed by atoms with Crippen LogP contribution in [0.25, 0.3) is 0 Å². The fourth-order valence-electron chi connectivity index (χ4n) is 7.49. The number of carbonyl (C=O) groups is 2. The molecule has 0 radical (unpaired) electrons. The molecule has 6 rings (SSSR count). The predicted molar refractivity (Wildman–Crippen MR) is 174 cm³/mol. The first-order valence-electron chi connectivity index (χ1n) is 15.9. The van der Waals surface area contributed by atoms with Gasteiger partial charge in [-0.3, -0.25) is 9.59 Å². The summed E-state index contributed by atoms with van der Waals surface area (Å²) in [6.07, 6.45) is 9.92. The van der Waals surface area contributed by atoms with E-state index < -0.39 is 21.2 Å². The number of hydrogen-bond acceptors (Lipinski definition) is 8. The van der Waals surface area contributed by atoms with Crippen LogP contribution < -0.4 is 19.7 Å². The highest BCUT2D eigenvalue weighted by Crippen LogP contribution is 2.46. The molecule has 2 N–H and O–H groups in total. The highest BCUT2D eigenvalue weighted by atomic mass is 35.5. The lowest BCUT2D eigenvalue weighted by Gasteiger charge is -2.46. The first-order valence-corrected chi connectivity index (χ1v) is 17.8. The molecule has 11 heteroatoms. The summed E-state index contributed by atoms with van der Waals surface area (Å²) in [5, 5.41) is 3.36.